The highest BCUT2D eigenvalue weighted by Gasteiger charge is 2.13. The standard InChI is InChI=1S/C9H10ClN3S/c1-13-6(4-5-12-13)9(11)7-2-3-8(10)14-7/h2-5,9H,11H2,1H3. The highest BCUT2D eigenvalue weighted by Crippen LogP contribution is 2.28. The minimum absolute atomic E-state index is 0.139. The van der Waals surface area contributed by atoms with Crippen molar-refractivity contribution in [3.63, 3.8) is 0 Å². The highest BCUT2D eigenvalue weighted by atomic mass is 35.5. The predicted molar refractivity (Wildman–Crippen MR) is 58.6 cm³/mol. The van der Waals surface area contributed by atoms with Crippen LogP contribution >= 0.6 is 22.9 Å². The van der Waals surface area contributed by atoms with Crippen LogP contribution in [-0.2, 0) is 7.05 Å². The van der Waals surface area contributed by atoms with Crippen LogP contribution in [0.5, 0.6) is 0 Å². The van der Waals surface area contributed by atoms with E-state index in [-0.39, 0.29) is 6.04 Å². The molecule has 1 atom stereocenters. The topological polar surface area (TPSA) is 43.8 Å². The minimum Gasteiger partial charge on any atom is -0.318 e. The molecule has 0 saturated heterocycles. The first-order valence-corrected chi connectivity index (χ1v) is 5.36. The van der Waals surface area contributed by atoms with Crippen molar-refractivity contribution in [3.8, 4) is 0 Å². The maximum Gasteiger partial charge on any atom is 0.0931 e. The Morgan fingerprint density at radius 3 is 2.79 bits per heavy atom. The molecule has 0 aromatic carbocycles. The molecule has 0 saturated carbocycles. The number of aromatic nitrogens is 2. The van der Waals surface area contributed by atoms with Gasteiger partial charge in [0.05, 0.1) is 16.1 Å². The van der Waals surface area contributed by atoms with Crippen LogP contribution in [0.2, 0.25) is 4.34 Å². The molecule has 2 heterocycles. The molecule has 0 spiro atoms. The lowest BCUT2D eigenvalue weighted by atomic mass is 10.2. The van der Waals surface area contributed by atoms with Crippen LogP contribution in [0.3, 0.4) is 0 Å². The van der Waals surface area contributed by atoms with Gasteiger partial charge < -0.3 is 5.73 Å². The van der Waals surface area contributed by atoms with Crippen LogP contribution in [0.15, 0.2) is 24.4 Å². The summed E-state index contributed by atoms with van der Waals surface area (Å²) in [5.74, 6) is 0. The van der Waals surface area contributed by atoms with Gasteiger partial charge in [0, 0.05) is 18.1 Å². The maximum atomic E-state index is 6.07. The van der Waals surface area contributed by atoms with Crippen LogP contribution in [-0.4, -0.2) is 9.78 Å². The Labute approximate surface area is 91.1 Å². The molecule has 0 bridgehead atoms. The molecule has 2 N–H and O–H groups in total. The van der Waals surface area contributed by atoms with Crippen molar-refractivity contribution < 1.29 is 0 Å². The Morgan fingerprint density at radius 2 is 2.29 bits per heavy atom. The molecule has 0 amide bonds. The lowest BCUT2D eigenvalue weighted by Gasteiger charge is -2.09. The van der Waals surface area contributed by atoms with Gasteiger partial charge in [-0.15, -0.1) is 11.3 Å². The molecule has 0 fully saturated rings. The molecule has 0 aliphatic heterocycles. The average molecular weight is 228 g/mol. The molecule has 14 heavy (non-hydrogen) atoms. The second-order valence-electron chi connectivity index (χ2n) is 3.00. The fourth-order valence-corrected chi connectivity index (χ4v) is 2.41. The maximum absolute atomic E-state index is 6.07. The summed E-state index contributed by atoms with van der Waals surface area (Å²) in [7, 11) is 1.88. The van der Waals surface area contributed by atoms with E-state index in [0.29, 0.717) is 0 Å². The predicted octanol–water partition coefficient (Wildman–Crippen LogP) is 2.18. The van der Waals surface area contributed by atoms with Gasteiger partial charge in [-0.1, -0.05) is 11.6 Å². The lowest BCUT2D eigenvalue weighted by Crippen LogP contribution is -2.14. The van der Waals surface area contributed by atoms with Crippen LogP contribution < -0.4 is 5.73 Å². The fourth-order valence-electron chi connectivity index (χ4n) is 1.33. The van der Waals surface area contributed by atoms with Gasteiger partial charge in [-0.2, -0.15) is 5.10 Å². The summed E-state index contributed by atoms with van der Waals surface area (Å²) in [6.07, 6.45) is 1.74. The summed E-state index contributed by atoms with van der Waals surface area (Å²) >= 11 is 7.35. The Balaban J connectivity index is 2.33. The number of nitrogens with zero attached hydrogens (tertiary/aromatic N) is 2. The van der Waals surface area contributed by atoms with Crippen LogP contribution in [0.4, 0.5) is 0 Å². The molecule has 0 aliphatic carbocycles. The fraction of sp³-hybridized carbons (Fsp3) is 0.222. The number of halogens is 1. The zero-order chi connectivity index (χ0) is 10.1. The van der Waals surface area contributed by atoms with E-state index in [1.807, 2.05) is 25.2 Å². The third-order valence-corrected chi connectivity index (χ3v) is 3.39. The van der Waals surface area contributed by atoms with Crippen molar-refractivity contribution in [2.75, 3.05) is 0 Å². The summed E-state index contributed by atoms with van der Waals surface area (Å²) in [6, 6.07) is 5.58. The second kappa shape index (κ2) is 3.73. The molecular weight excluding hydrogens is 218 g/mol. The van der Waals surface area contributed by atoms with Crippen LogP contribution in [0, 0.1) is 0 Å². The first-order valence-electron chi connectivity index (χ1n) is 4.17. The van der Waals surface area contributed by atoms with E-state index in [2.05, 4.69) is 5.10 Å². The quantitative estimate of drug-likeness (QED) is 0.855. The monoisotopic (exact) mass is 227 g/mol. The van der Waals surface area contributed by atoms with Crippen molar-refractivity contribution in [3.05, 3.63) is 39.3 Å². The molecule has 1 unspecified atom stereocenters. The van der Waals surface area contributed by atoms with Gasteiger partial charge in [0.15, 0.2) is 0 Å². The summed E-state index contributed by atoms with van der Waals surface area (Å²) in [4.78, 5) is 1.05. The Hall–Kier alpha value is -0.840. The zero-order valence-electron chi connectivity index (χ0n) is 7.64. The number of aryl methyl sites for hydroxylation is 1. The van der Waals surface area contributed by atoms with Gasteiger partial charge in [0.25, 0.3) is 0 Å². The number of nitrogens with two attached hydrogens (primary N) is 1. The van der Waals surface area contributed by atoms with Crippen LogP contribution in [0.1, 0.15) is 16.6 Å². The van der Waals surface area contributed by atoms with Gasteiger partial charge in [-0.25, -0.2) is 0 Å². The molecule has 74 valence electrons. The molecule has 2 aromatic heterocycles. The number of thiophene rings is 1. The first kappa shape index (κ1) is 9.71. The summed E-state index contributed by atoms with van der Waals surface area (Å²) < 4.78 is 2.54. The van der Waals surface area contributed by atoms with Gasteiger partial charge in [-0.3, -0.25) is 4.68 Å². The van der Waals surface area contributed by atoms with E-state index < -0.39 is 0 Å². The normalized spacial score (nSPS) is 13.1. The van der Waals surface area contributed by atoms with Crippen molar-refractivity contribution >= 4 is 22.9 Å². The van der Waals surface area contributed by atoms with E-state index in [1.54, 1.807) is 10.9 Å². The summed E-state index contributed by atoms with van der Waals surface area (Å²) in [6.45, 7) is 0. The van der Waals surface area contributed by atoms with E-state index in [4.69, 9.17) is 17.3 Å². The number of hydrogen-bond donors (Lipinski definition) is 1. The molecule has 3 nitrogen and oxygen atoms in total. The Morgan fingerprint density at radius 1 is 1.50 bits per heavy atom. The van der Waals surface area contributed by atoms with E-state index >= 15 is 0 Å². The second-order valence-corrected chi connectivity index (χ2v) is 4.75. The molecule has 2 rings (SSSR count). The van der Waals surface area contributed by atoms with E-state index in [9.17, 15) is 0 Å². The van der Waals surface area contributed by atoms with Crippen molar-refractivity contribution in [2.24, 2.45) is 12.8 Å². The molecule has 0 radical (unpaired) electrons. The smallest absolute Gasteiger partial charge is 0.0931 e. The SMILES string of the molecule is Cn1nccc1C(N)c1ccc(Cl)s1. The summed E-state index contributed by atoms with van der Waals surface area (Å²) in [5.41, 5.74) is 7.06. The van der Waals surface area contributed by atoms with Crippen molar-refractivity contribution in [1.29, 1.82) is 0 Å². The van der Waals surface area contributed by atoms with Gasteiger partial charge in [0.2, 0.25) is 0 Å². The zero-order valence-corrected chi connectivity index (χ0v) is 9.22. The van der Waals surface area contributed by atoms with E-state index in [0.717, 1.165) is 14.9 Å². The molecule has 2 aromatic rings. The van der Waals surface area contributed by atoms with E-state index in [1.165, 1.54) is 11.3 Å². The van der Waals surface area contributed by atoms with Crippen molar-refractivity contribution in [2.45, 2.75) is 6.04 Å². The lowest BCUT2D eigenvalue weighted by molar-refractivity contribution is 0.678. The third kappa shape index (κ3) is 1.68. The largest absolute Gasteiger partial charge is 0.318 e. The van der Waals surface area contributed by atoms with Gasteiger partial charge >= 0.3 is 0 Å². The van der Waals surface area contributed by atoms with Gasteiger partial charge in [-0.05, 0) is 18.2 Å². The Kier molecular flexibility index (Phi) is 2.58. The average Bonchev–Trinajstić information content (AvgIpc) is 2.73. The molecule has 5 heteroatoms. The van der Waals surface area contributed by atoms with Crippen LogP contribution in [0.25, 0.3) is 0 Å². The molecule has 0 aliphatic rings. The summed E-state index contributed by atoms with van der Waals surface area (Å²) in [5, 5.41) is 4.08. The molecular formula is C9H10ClN3S. The van der Waals surface area contributed by atoms with Crippen molar-refractivity contribution in [1.82, 2.24) is 9.78 Å². The van der Waals surface area contributed by atoms with Gasteiger partial charge in [0.1, 0.15) is 0 Å². The third-order valence-electron chi connectivity index (χ3n) is 2.08. The number of rotatable bonds is 2. The first-order chi connectivity index (χ1) is 6.68. The Bertz CT molecular complexity index is 435. The number of hydrogen-bond acceptors (Lipinski definition) is 3. The highest BCUT2D eigenvalue weighted by molar-refractivity contribution is 7.16. The minimum atomic E-state index is -0.139.